The summed E-state index contributed by atoms with van der Waals surface area (Å²) in [5.41, 5.74) is 0. The van der Waals surface area contributed by atoms with Crippen LogP contribution in [0.1, 0.15) is 252 Å². The van der Waals surface area contributed by atoms with Crippen molar-refractivity contribution in [3.05, 3.63) is 109 Å². The average molecular weight is 958 g/mol. The van der Waals surface area contributed by atoms with Crippen molar-refractivity contribution in [1.29, 1.82) is 0 Å². The molecule has 6 nitrogen and oxygen atoms in total. The summed E-state index contributed by atoms with van der Waals surface area (Å²) >= 11 is 0. The molecule has 6 heteroatoms. The van der Waals surface area contributed by atoms with Crippen LogP contribution in [0.15, 0.2) is 109 Å². The number of carbonyl (C=O) groups is 3. The van der Waals surface area contributed by atoms with Gasteiger partial charge in [0.2, 0.25) is 0 Å². The molecule has 0 aliphatic carbocycles. The van der Waals surface area contributed by atoms with Crippen LogP contribution in [-0.2, 0) is 28.6 Å². The van der Waals surface area contributed by atoms with Gasteiger partial charge in [-0.3, -0.25) is 14.4 Å². The highest BCUT2D eigenvalue weighted by Crippen LogP contribution is 2.14. The molecule has 0 saturated heterocycles. The maximum absolute atomic E-state index is 12.8. The number of hydrogen-bond acceptors (Lipinski definition) is 6. The fourth-order valence-corrected chi connectivity index (χ4v) is 7.52. The summed E-state index contributed by atoms with van der Waals surface area (Å²) in [6.07, 6.45) is 76.7. The molecule has 0 aromatic carbocycles. The Kier molecular flexibility index (Phi) is 53.4. The quantitative estimate of drug-likeness (QED) is 0.0262. The van der Waals surface area contributed by atoms with Gasteiger partial charge in [-0.1, -0.05) is 239 Å². The number of rotatable bonds is 50. The zero-order valence-electron chi connectivity index (χ0n) is 44.8. The van der Waals surface area contributed by atoms with E-state index in [1.807, 2.05) is 0 Å². The van der Waals surface area contributed by atoms with E-state index in [9.17, 15) is 14.4 Å². The van der Waals surface area contributed by atoms with Crippen molar-refractivity contribution in [3.63, 3.8) is 0 Å². The first-order valence-electron chi connectivity index (χ1n) is 28.4. The Labute approximate surface area is 425 Å². The Hall–Kier alpha value is -3.93. The van der Waals surface area contributed by atoms with E-state index in [-0.39, 0.29) is 37.5 Å². The third-order valence-corrected chi connectivity index (χ3v) is 11.8. The zero-order valence-corrected chi connectivity index (χ0v) is 44.8. The van der Waals surface area contributed by atoms with Gasteiger partial charge in [0, 0.05) is 19.3 Å². The number of carbonyl (C=O) groups excluding carboxylic acids is 3. The molecule has 0 radical (unpaired) electrons. The van der Waals surface area contributed by atoms with Gasteiger partial charge in [0.05, 0.1) is 0 Å². The molecule has 69 heavy (non-hydrogen) atoms. The molecule has 0 bridgehead atoms. The molecular formula is C63H104O6. The average Bonchev–Trinajstić information content (AvgIpc) is 3.35. The van der Waals surface area contributed by atoms with E-state index < -0.39 is 6.10 Å². The maximum Gasteiger partial charge on any atom is 0.306 e. The van der Waals surface area contributed by atoms with Crippen LogP contribution in [0.25, 0.3) is 0 Å². The summed E-state index contributed by atoms with van der Waals surface area (Å²) in [5.74, 6) is -0.973. The molecule has 0 heterocycles. The van der Waals surface area contributed by atoms with Gasteiger partial charge in [-0.2, -0.15) is 0 Å². The lowest BCUT2D eigenvalue weighted by atomic mass is 10.1. The lowest BCUT2D eigenvalue weighted by molar-refractivity contribution is -0.167. The lowest BCUT2D eigenvalue weighted by Gasteiger charge is -2.18. The van der Waals surface area contributed by atoms with Gasteiger partial charge in [-0.25, -0.2) is 0 Å². The van der Waals surface area contributed by atoms with Crippen molar-refractivity contribution in [2.45, 2.75) is 258 Å². The predicted molar refractivity (Wildman–Crippen MR) is 297 cm³/mol. The minimum atomic E-state index is -0.803. The molecule has 0 aromatic heterocycles. The molecule has 0 amide bonds. The van der Waals surface area contributed by atoms with Crippen LogP contribution in [0.4, 0.5) is 0 Å². The molecule has 0 spiro atoms. The molecule has 0 aliphatic rings. The smallest absolute Gasteiger partial charge is 0.306 e. The van der Waals surface area contributed by atoms with Crippen molar-refractivity contribution in [2.24, 2.45) is 0 Å². The van der Waals surface area contributed by atoms with Crippen molar-refractivity contribution in [3.8, 4) is 0 Å². The standard InChI is InChI=1S/C63H104O6/c1-4-7-10-13-16-18-20-22-24-26-28-30-31-33-34-36-38-40-42-44-47-50-53-56-62(65)68-59-60(58-67-61(64)55-52-49-46-15-12-9-6-3)69-63(66)57-54-51-48-45-43-41-39-37-35-32-29-27-25-23-21-19-17-14-11-8-5-2/h7,10,16,18,21-24,27-30,33-34,38,40,44,47,60H,4-6,8-9,11-15,17,19-20,25-26,31-32,35-37,39,41-43,45-46,48-59H2,1-3H3/b10-7-,18-16-,23-21-,24-22-,29-27-,30-28-,34-33-,40-38-,47-44-. The van der Waals surface area contributed by atoms with E-state index in [4.69, 9.17) is 14.2 Å². The van der Waals surface area contributed by atoms with Crippen LogP contribution in [0.5, 0.6) is 0 Å². The topological polar surface area (TPSA) is 78.9 Å². The largest absolute Gasteiger partial charge is 0.462 e. The number of allylic oxidation sites excluding steroid dienone is 18. The van der Waals surface area contributed by atoms with E-state index in [0.29, 0.717) is 19.3 Å². The van der Waals surface area contributed by atoms with Crippen LogP contribution >= 0.6 is 0 Å². The molecular weight excluding hydrogens is 853 g/mol. The highest BCUT2D eigenvalue weighted by molar-refractivity contribution is 5.71. The molecule has 0 aliphatic heterocycles. The number of ether oxygens (including phenoxy) is 3. The van der Waals surface area contributed by atoms with Gasteiger partial charge in [0.25, 0.3) is 0 Å². The van der Waals surface area contributed by atoms with Crippen LogP contribution in [0.2, 0.25) is 0 Å². The maximum atomic E-state index is 12.8. The van der Waals surface area contributed by atoms with Crippen LogP contribution in [-0.4, -0.2) is 37.2 Å². The van der Waals surface area contributed by atoms with Gasteiger partial charge in [0.15, 0.2) is 6.10 Å². The Balaban J connectivity index is 4.33. The van der Waals surface area contributed by atoms with E-state index in [1.165, 1.54) is 109 Å². The van der Waals surface area contributed by atoms with Crippen molar-refractivity contribution >= 4 is 17.9 Å². The first kappa shape index (κ1) is 65.1. The summed E-state index contributed by atoms with van der Waals surface area (Å²) in [7, 11) is 0. The first-order chi connectivity index (χ1) is 34.0. The number of hydrogen-bond donors (Lipinski definition) is 0. The number of esters is 3. The van der Waals surface area contributed by atoms with Crippen molar-refractivity contribution in [2.75, 3.05) is 13.2 Å². The van der Waals surface area contributed by atoms with Crippen LogP contribution in [0.3, 0.4) is 0 Å². The van der Waals surface area contributed by atoms with E-state index in [1.54, 1.807) is 0 Å². The fraction of sp³-hybridized carbons (Fsp3) is 0.667. The lowest BCUT2D eigenvalue weighted by Crippen LogP contribution is -2.30. The molecule has 0 fully saturated rings. The predicted octanol–water partition coefficient (Wildman–Crippen LogP) is 19.1. The minimum absolute atomic E-state index is 0.0986. The van der Waals surface area contributed by atoms with Crippen molar-refractivity contribution in [1.82, 2.24) is 0 Å². The van der Waals surface area contributed by atoms with Gasteiger partial charge in [0.1, 0.15) is 13.2 Å². The van der Waals surface area contributed by atoms with E-state index in [0.717, 1.165) is 96.3 Å². The van der Waals surface area contributed by atoms with E-state index in [2.05, 4.69) is 130 Å². The molecule has 0 N–H and O–H groups in total. The Bertz CT molecular complexity index is 1420. The number of unbranched alkanes of at least 4 members (excludes halogenated alkanes) is 21. The van der Waals surface area contributed by atoms with Crippen LogP contribution < -0.4 is 0 Å². The Morgan fingerprint density at radius 2 is 0.580 bits per heavy atom. The second-order valence-electron chi connectivity index (χ2n) is 18.5. The molecule has 1 unspecified atom stereocenters. The zero-order chi connectivity index (χ0) is 50.0. The van der Waals surface area contributed by atoms with Gasteiger partial charge >= 0.3 is 17.9 Å². The second kappa shape index (κ2) is 56.7. The third kappa shape index (κ3) is 54.9. The van der Waals surface area contributed by atoms with Gasteiger partial charge < -0.3 is 14.2 Å². The second-order valence-corrected chi connectivity index (χ2v) is 18.5. The first-order valence-corrected chi connectivity index (χ1v) is 28.4. The Morgan fingerprint density at radius 3 is 0.942 bits per heavy atom. The molecule has 0 saturated carbocycles. The van der Waals surface area contributed by atoms with Gasteiger partial charge in [-0.05, 0) is 103 Å². The minimum Gasteiger partial charge on any atom is -0.462 e. The normalized spacial score (nSPS) is 12.9. The van der Waals surface area contributed by atoms with Crippen molar-refractivity contribution < 1.29 is 28.6 Å². The summed E-state index contributed by atoms with van der Waals surface area (Å²) < 4.78 is 16.7. The molecule has 0 aromatic rings. The third-order valence-electron chi connectivity index (χ3n) is 11.8. The molecule has 0 rings (SSSR count). The van der Waals surface area contributed by atoms with E-state index >= 15 is 0 Å². The molecule has 1 atom stereocenters. The Morgan fingerprint density at radius 1 is 0.304 bits per heavy atom. The van der Waals surface area contributed by atoms with Gasteiger partial charge in [-0.15, -0.1) is 0 Å². The monoisotopic (exact) mass is 957 g/mol. The summed E-state index contributed by atoms with van der Waals surface area (Å²) in [5, 5.41) is 0. The molecule has 392 valence electrons. The van der Waals surface area contributed by atoms with Crippen LogP contribution in [0, 0.1) is 0 Å². The SMILES string of the molecule is CC/C=C\C/C=C\C/C=C\C/C=C\C/C=C\C/C=C\C/C=C\CCCC(=O)OCC(COC(=O)CCCCCCCCC)OC(=O)CCCCCCCCCCC/C=C\C/C=C\CCCCCCC. The highest BCUT2D eigenvalue weighted by atomic mass is 16.6. The highest BCUT2D eigenvalue weighted by Gasteiger charge is 2.19. The summed E-state index contributed by atoms with van der Waals surface area (Å²) in [6, 6.07) is 0. The fourth-order valence-electron chi connectivity index (χ4n) is 7.52. The summed E-state index contributed by atoms with van der Waals surface area (Å²) in [6.45, 7) is 6.42. The summed E-state index contributed by atoms with van der Waals surface area (Å²) in [4.78, 5) is 37.9.